The number of rotatable bonds is 7. The van der Waals surface area contributed by atoms with E-state index in [1.54, 1.807) is 17.6 Å². The number of aromatic nitrogens is 1. The Labute approximate surface area is 164 Å². The number of aryl methyl sites for hydroxylation is 2. The van der Waals surface area contributed by atoms with Crippen molar-refractivity contribution in [1.82, 2.24) is 4.98 Å². The molecule has 0 radical (unpaired) electrons. The molecule has 0 bridgehead atoms. The fraction of sp³-hybridized carbons (Fsp3) is 0.273. The van der Waals surface area contributed by atoms with Crippen LogP contribution in [-0.4, -0.2) is 17.8 Å². The second kappa shape index (κ2) is 8.82. The SMILES string of the molecule is Cc1ccc(-c2csc(N/N=C\c3cccc(OCC(C)C)c3)n2)cc1C. The zero-order chi connectivity index (χ0) is 19.2. The van der Waals surface area contributed by atoms with E-state index in [0.29, 0.717) is 12.5 Å². The summed E-state index contributed by atoms with van der Waals surface area (Å²) in [5.41, 5.74) is 8.64. The van der Waals surface area contributed by atoms with Crippen molar-refractivity contribution < 1.29 is 4.74 Å². The second-order valence-corrected chi connectivity index (χ2v) is 7.84. The highest BCUT2D eigenvalue weighted by atomic mass is 32.1. The minimum atomic E-state index is 0.500. The molecule has 2 aromatic carbocycles. The van der Waals surface area contributed by atoms with Crippen molar-refractivity contribution in [3.8, 4) is 17.0 Å². The van der Waals surface area contributed by atoms with Crippen LogP contribution in [-0.2, 0) is 0 Å². The van der Waals surface area contributed by atoms with Crippen molar-refractivity contribution in [3.63, 3.8) is 0 Å². The molecule has 0 atom stereocenters. The lowest BCUT2D eigenvalue weighted by molar-refractivity contribution is 0.271. The van der Waals surface area contributed by atoms with Gasteiger partial charge >= 0.3 is 0 Å². The number of benzene rings is 2. The first-order chi connectivity index (χ1) is 13.0. The molecule has 3 aromatic rings. The number of nitrogens with zero attached hydrogens (tertiary/aromatic N) is 2. The van der Waals surface area contributed by atoms with Gasteiger partial charge in [0.05, 0.1) is 18.5 Å². The Hall–Kier alpha value is -2.66. The lowest BCUT2D eigenvalue weighted by Crippen LogP contribution is -2.04. The van der Waals surface area contributed by atoms with Crippen molar-refractivity contribution in [2.75, 3.05) is 12.0 Å². The largest absolute Gasteiger partial charge is 0.493 e. The minimum Gasteiger partial charge on any atom is -0.493 e. The molecule has 3 rings (SSSR count). The van der Waals surface area contributed by atoms with Crippen molar-refractivity contribution in [1.29, 1.82) is 0 Å². The number of thiazole rings is 1. The molecule has 0 aliphatic carbocycles. The minimum absolute atomic E-state index is 0.500. The van der Waals surface area contributed by atoms with Gasteiger partial charge < -0.3 is 4.74 Å². The van der Waals surface area contributed by atoms with Crippen LogP contribution in [0.4, 0.5) is 5.13 Å². The highest BCUT2D eigenvalue weighted by molar-refractivity contribution is 7.14. The van der Waals surface area contributed by atoms with Crippen molar-refractivity contribution in [2.24, 2.45) is 11.0 Å². The van der Waals surface area contributed by atoms with E-state index in [1.165, 1.54) is 11.1 Å². The number of hydrogen-bond donors (Lipinski definition) is 1. The standard InChI is InChI=1S/C22H25N3OS/c1-15(2)13-26-20-7-5-6-18(11-20)12-23-25-22-24-21(14-27-22)19-9-8-16(3)17(4)10-19/h5-12,14-15H,13H2,1-4H3,(H,24,25)/b23-12-. The van der Waals surface area contributed by atoms with Gasteiger partial charge in [-0.2, -0.15) is 5.10 Å². The maximum absolute atomic E-state index is 5.75. The lowest BCUT2D eigenvalue weighted by Gasteiger charge is -2.08. The predicted molar refractivity (Wildman–Crippen MR) is 115 cm³/mol. The Morgan fingerprint density at radius 3 is 2.78 bits per heavy atom. The number of hydrogen-bond acceptors (Lipinski definition) is 5. The third-order valence-corrected chi connectivity index (χ3v) is 4.87. The van der Waals surface area contributed by atoms with Crippen molar-refractivity contribution in [2.45, 2.75) is 27.7 Å². The van der Waals surface area contributed by atoms with Gasteiger partial charge in [-0.15, -0.1) is 11.3 Å². The van der Waals surface area contributed by atoms with Gasteiger partial charge in [0, 0.05) is 10.9 Å². The van der Waals surface area contributed by atoms with Crippen LogP contribution in [0.1, 0.15) is 30.5 Å². The molecule has 1 N–H and O–H groups in total. The van der Waals surface area contributed by atoms with Crippen molar-refractivity contribution in [3.05, 3.63) is 64.5 Å². The predicted octanol–water partition coefficient (Wildman–Crippen LogP) is 5.91. The highest BCUT2D eigenvalue weighted by Crippen LogP contribution is 2.26. The average Bonchev–Trinajstić information content (AvgIpc) is 3.11. The summed E-state index contributed by atoms with van der Waals surface area (Å²) in [4.78, 5) is 4.62. The lowest BCUT2D eigenvalue weighted by atomic mass is 10.1. The molecule has 27 heavy (non-hydrogen) atoms. The van der Waals surface area contributed by atoms with Gasteiger partial charge in [0.15, 0.2) is 0 Å². The molecule has 140 valence electrons. The number of nitrogens with one attached hydrogen (secondary N) is 1. The molecule has 1 heterocycles. The Bertz CT molecular complexity index is 931. The molecule has 1 aromatic heterocycles. The normalized spacial score (nSPS) is 11.3. The van der Waals surface area contributed by atoms with E-state index in [4.69, 9.17) is 4.74 Å². The van der Waals surface area contributed by atoms with E-state index in [9.17, 15) is 0 Å². The van der Waals surface area contributed by atoms with Gasteiger partial charge in [-0.25, -0.2) is 4.98 Å². The maximum atomic E-state index is 5.75. The first kappa shape index (κ1) is 19.1. The van der Waals surface area contributed by atoms with Crippen LogP contribution in [0.3, 0.4) is 0 Å². The summed E-state index contributed by atoms with van der Waals surface area (Å²) in [5, 5.41) is 7.12. The van der Waals surface area contributed by atoms with Gasteiger partial charge in [0.1, 0.15) is 5.75 Å². The van der Waals surface area contributed by atoms with Gasteiger partial charge in [-0.05, 0) is 54.7 Å². The van der Waals surface area contributed by atoms with Crippen LogP contribution >= 0.6 is 11.3 Å². The number of ether oxygens (including phenoxy) is 1. The van der Waals surface area contributed by atoms with Crippen LogP contribution in [0.15, 0.2) is 52.9 Å². The molecular formula is C22H25N3OS. The fourth-order valence-electron chi connectivity index (χ4n) is 2.47. The van der Waals surface area contributed by atoms with E-state index >= 15 is 0 Å². The summed E-state index contributed by atoms with van der Waals surface area (Å²) in [6.07, 6.45) is 1.78. The fourth-order valence-corrected chi connectivity index (χ4v) is 3.14. The Morgan fingerprint density at radius 1 is 1.15 bits per heavy atom. The molecular weight excluding hydrogens is 354 g/mol. The monoisotopic (exact) mass is 379 g/mol. The van der Waals surface area contributed by atoms with Gasteiger partial charge in [0.25, 0.3) is 0 Å². The van der Waals surface area contributed by atoms with E-state index < -0.39 is 0 Å². The highest BCUT2D eigenvalue weighted by Gasteiger charge is 2.05. The van der Waals surface area contributed by atoms with Crippen LogP contribution in [0.25, 0.3) is 11.3 Å². The second-order valence-electron chi connectivity index (χ2n) is 6.98. The zero-order valence-corrected chi connectivity index (χ0v) is 17.0. The van der Waals surface area contributed by atoms with E-state index in [2.05, 4.69) is 61.4 Å². The molecule has 0 unspecified atom stereocenters. The molecule has 0 amide bonds. The van der Waals surface area contributed by atoms with Gasteiger partial charge in [-0.3, -0.25) is 5.43 Å². The first-order valence-electron chi connectivity index (χ1n) is 9.06. The van der Waals surface area contributed by atoms with Crippen LogP contribution < -0.4 is 10.2 Å². The zero-order valence-electron chi connectivity index (χ0n) is 16.2. The summed E-state index contributed by atoms with van der Waals surface area (Å²) in [6.45, 7) is 9.21. The smallest absolute Gasteiger partial charge is 0.203 e. The van der Waals surface area contributed by atoms with Crippen LogP contribution in [0, 0.1) is 19.8 Å². The molecule has 0 fully saturated rings. The summed E-state index contributed by atoms with van der Waals surface area (Å²) >= 11 is 1.54. The summed E-state index contributed by atoms with van der Waals surface area (Å²) < 4.78 is 5.75. The van der Waals surface area contributed by atoms with Crippen LogP contribution in [0.5, 0.6) is 5.75 Å². The Kier molecular flexibility index (Phi) is 6.24. The quantitative estimate of drug-likeness (QED) is 0.410. The third-order valence-electron chi connectivity index (χ3n) is 4.12. The van der Waals surface area contributed by atoms with Crippen molar-refractivity contribution >= 4 is 22.7 Å². The molecule has 4 nitrogen and oxygen atoms in total. The summed E-state index contributed by atoms with van der Waals surface area (Å²) in [5.74, 6) is 1.36. The average molecular weight is 380 g/mol. The third kappa shape index (κ3) is 5.41. The van der Waals surface area contributed by atoms with E-state index in [1.807, 2.05) is 29.6 Å². The first-order valence-corrected chi connectivity index (χ1v) is 9.94. The molecule has 0 spiro atoms. The summed E-state index contributed by atoms with van der Waals surface area (Å²) in [7, 11) is 0. The molecule has 0 saturated carbocycles. The maximum Gasteiger partial charge on any atom is 0.203 e. The van der Waals surface area contributed by atoms with E-state index in [-0.39, 0.29) is 0 Å². The molecule has 0 saturated heterocycles. The summed E-state index contributed by atoms with van der Waals surface area (Å²) in [6, 6.07) is 14.3. The van der Waals surface area contributed by atoms with Gasteiger partial charge in [0.2, 0.25) is 5.13 Å². The molecule has 0 aliphatic heterocycles. The number of anilines is 1. The molecule has 0 aliphatic rings. The topological polar surface area (TPSA) is 46.5 Å². The molecule has 5 heteroatoms. The number of hydrazone groups is 1. The van der Waals surface area contributed by atoms with E-state index in [0.717, 1.165) is 27.7 Å². The Morgan fingerprint density at radius 2 is 2.00 bits per heavy atom. The Balaban J connectivity index is 1.63. The van der Waals surface area contributed by atoms with Gasteiger partial charge in [-0.1, -0.05) is 38.1 Å². The van der Waals surface area contributed by atoms with Crippen LogP contribution in [0.2, 0.25) is 0 Å².